The molecule has 0 spiro atoms. The predicted octanol–water partition coefficient (Wildman–Crippen LogP) is 1.37. The van der Waals surface area contributed by atoms with Crippen LogP contribution in [0, 0.1) is 13.8 Å². The SMILES string of the molecule is Cc1noc(C)c1C(=O)NC(CNC(=O)CNC(=O)c1cccc(NC(=O)OC(C)(C)C)c1)C(=O)O. The number of carboxylic acid groups (broad SMARTS) is 1. The number of aromatic nitrogens is 1. The smallest absolute Gasteiger partial charge is 0.412 e. The molecule has 194 valence electrons. The number of aryl methyl sites for hydroxylation is 2. The molecule has 13 nitrogen and oxygen atoms in total. The molecule has 0 radical (unpaired) electrons. The van der Waals surface area contributed by atoms with Gasteiger partial charge < -0.3 is 30.3 Å². The second-order valence-electron chi connectivity index (χ2n) is 8.76. The van der Waals surface area contributed by atoms with Gasteiger partial charge in [-0.15, -0.1) is 0 Å². The van der Waals surface area contributed by atoms with Crippen LogP contribution in [0.3, 0.4) is 0 Å². The van der Waals surface area contributed by atoms with Crippen molar-refractivity contribution >= 4 is 35.5 Å². The van der Waals surface area contributed by atoms with Crippen LogP contribution in [0.2, 0.25) is 0 Å². The molecular formula is C23H29N5O8. The van der Waals surface area contributed by atoms with Gasteiger partial charge in [-0.05, 0) is 52.8 Å². The molecule has 13 heteroatoms. The Morgan fingerprint density at radius 3 is 2.36 bits per heavy atom. The molecule has 1 heterocycles. The van der Waals surface area contributed by atoms with Crippen LogP contribution in [-0.4, -0.2) is 64.8 Å². The number of amides is 4. The van der Waals surface area contributed by atoms with E-state index >= 15 is 0 Å². The Morgan fingerprint density at radius 1 is 1.08 bits per heavy atom. The fraction of sp³-hybridized carbons (Fsp3) is 0.391. The molecule has 4 amide bonds. The minimum absolute atomic E-state index is 0.114. The standard InChI is InChI=1S/C23H29N5O8/c1-12-18(13(2)36-28-12)20(31)27-16(21(32)33)10-24-17(29)11-25-19(30)14-7-6-8-15(9-14)26-22(34)35-23(3,4)5/h6-9,16H,10-11H2,1-5H3,(H,24,29)(H,25,30)(H,26,34)(H,27,31)(H,32,33). The van der Waals surface area contributed by atoms with E-state index < -0.39 is 54.5 Å². The Hall–Kier alpha value is -4.42. The van der Waals surface area contributed by atoms with Crippen molar-refractivity contribution in [1.82, 2.24) is 21.1 Å². The van der Waals surface area contributed by atoms with Gasteiger partial charge in [-0.1, -0.05) is 11.2 Å². The molecule has 2 rings (SSSR count). The molecule has 1 atom stereocenters. The molecule has 2 aromatic rings. The second-order valence-corrected chi connectivity index (χ2v) is 8.76. The highest BCUT2D eigenvalue weighted by Gasteiger charge is 2.25. The fourth-order valence-corrected chi connectivity index (χ4v) is 2.94. The van der Waals surface area contributed by atoms with Crippen LogP contribution in [0.15, 0.2) is 28.8 Å². The zero-order valence-corrected chi connectivity index (χ0v) is 20.6. The third-order valence-electron chi connectivity index (χ3n) is 4.55. The molecule has 0 fully saturated rings. The Labute approximate surface area is 206 Å². The van der Waals surface area contributed by atoms with Crippen molar-refractivity contribution in [3.63, 3.8) is 0 Å². The number of hydrogen-bond acceptors (Lipinski definition) is 8. The van der Waals surface area contributed by atoms with Crippen molar-refractivity contribution in [3.8, 4) is 0 Å². The van der Waals surface area contributed by atoms with E-state index in [9.17, 15) is 29.1 Å². The lowest BCUT2D eigenvalue weighted by atomic mass is 10.1. The minimum Gasteiger partial charge on any atom is -0.480 e. The number of carbonyl (C=O) groups excluding carboxylic acids is 4. The maximum Gasteiger partial charge on any atom is 0.412 e. The van der Waals surface area contributed by atoms with Crippen LogP contribution in [0.25, 0.3) is 0 Å². The van der Waals surface area contributed by atoms with Crippen molar-refractivity contribution in [2.24, 2.45) is 0 Å². The van der Waals surface area contributed by atoms with Gasteiger partial charge in [0.25, 0.3) is 11.8 Å². The number of carbonyl (C=O) groups is 5. The van der Waals surface area contributed by atoms with Crippen LogP contribution in [0.4, 0.5) is 10.5 Å². The number of rotatable bonds is 9. The summed E-state index contributed by atoms with van der Waals surface area (Å²) in [5, 5.41) is 22.6. The summed E-state index contributed by atoms with van der Waals surface area (Å²) in [6.07, 6.45) is -0.686. The minimum atomic E-state index is -1.43. The van der Waals surface area contributed by atoms with Gasteiger partial charge in [0.2, 0.25) is 5.91 Å². The lowest BCUT2D eigenvalue weighted by Gasteiger charge is -2.19. The topological polar surface area (TPSA) is 189 Å². The monoisotopic (exact) mass is 503 g/mol. The maximum absolute atomic E-state index is 12.4. The first-order chi connectivity index (χ1) is 16.8. The summed E-state index contributed by atoms with van der Waals surface area (Å²) in [6.45, 7) is 7.32. The molecule has 5 N–H and O–H groups in total. The summed E-state index contributed by atoms with van der Waals surface area (Å²) in [5.74, 6) is -3.12. The average molecular weight is 504 g/mol. The summed E-state index contributed by atoms with van der Waals surface area (Å²) < 4.78 is 10.1. The van der Waals surface area contributed by atoms with E-state index in [1.54, 1.807) is 32.9 Å². The van der Waals surface area contributed by atoms with E-state index in [1.807, 2.05) is 0 Å². The largest absolute Gasteiger partial charge is 0.480 e. The summed E-state index contributed by atoms with van der Waals surface area (Å²) in [5.41, 5.74) is 0.212. The first kappa shape index (κ1) is 27.8. The van der Waals surface area contributed by atoms with Crippen LogP contribution < -0.4 is 21.3 Å². The summed E-state index contributed by atoms with van der Waals surface area (Å²) >= 11 is 0. The van der Waals surface area contributed by atoms with Crippen LogP contribution in [-0.2, 0) is 14.3 Å². The van der Waals surface area contributed by atoms with Crippen LogP contribution in [0.1, 0.15) is 52.9 Å². The Balaban J connectivity index is 1.87. The molecule has 0 aliphatic carbocycles. The molecule has 0 bridgehead atoms. The van der Waals surface area contributed by atoms with E-state index in [4.69, 9.17) is 9.26 Å². The van der Waals surface area contributed by atoms with Gasteiger partial charge in [0.05, 0.1) is 12.2 Å². The lowest BCUT2D eigenvalue weighted by Crippen LogP contribution is -2.50. The predicted molar refractivity (Wildman–Crippen MR) is 127 cm³/mol. The fourth-order valence-electron chi connectivity index (χ4n) is 2.94. The maximum atomic E-state index is 12.4. The normalized spacial score (nSPS) is 11.7. The number of nitrogens with zero attached hydrogens (tertiary/aromatic N) is 1. The third-order valence-corrected chi connectivity index (χ3v) is 4.55. The Morgan fingerprint density at radius 2 is 1.78 bits per heavy atom. The molecule has 1 aromatic heterocycles. The Bertz CT molecular complexity index is 1130. The zero-order valence-electron chi connectivity index (χ0n) is 20.6. The van der Waals surface area contributed by atoms with Gasteiger partial charge in [-0.25, -0.2) is 9.59 Å². The highest BCUT2D eigenvalue weighted by Crippen LogP contribution is 2.14. The summed E-state index contributed by atoms with van der Waals surface area (Å²) in [4.78, 5) is 60.3. The molecular weight excluding hydrogens is 474 g/mol. The van der Waals surface area contributed by atoms with Crippen molar-refractivity contribution in [1.29, 1.82) is 0 Å². The summed E-state index contributed by atoms with van der Waals surface area (Å²) in [6, 6.07) is 4.57. The molecule has 0 aliphatic heterocycles. The van der Waals surface area contributed by atoms with Gasteiger partial charge >= 0.3 is 12.1 Å². The van der Waals surface area contributed by atoms with Gasteiger partial charge in [-0.3, -0.25) is 19.7 Å². The lowest BCUT2D eigenvalue weighted by molar-refractivity contribution is -0.139. The molecule has 0 saturated heterocycles. The van der Waals surface area contributed by atoms with E-state index in [2.05, 4.69) is 26.4 Å². The molecule has 1 unspecified atom stereocenters. The van der Waals surface area contributed by atoms with Gasteiger partial charge in [0.1, 0.15) is 23.0 Å². The number of nitrogens with one attached hydrogen (secondary N) is 4. The highest BCUT2D eigenvalue weighted by molar-refractivity contribution is 5.99. The van der Waals surface area contributed by atoms with Crippen LogP contribution in [0.5, 0.6) is 0 Å². The number of carboxylic acids is 1. The number of hydrogen-bond donors (Lipinski definition) is 5. The van der Waals surface area contributed by atoms with Gasteiger partial charge in [0.15, 0.2) is 0 Å². The van der Waals surface area contributed by atoms with E-state index in [0.717, 1.165) is 0 Å². The number of ether oxygens (including phenoxy) is 1. The molecule has 0 aliphatic rings. The van der Waals surface area contributed by atoms with Crippen molar-refractivity contribution in [2.45, 2.75) is 46.3 Å². The van der Waals surface area contributed by atoms with Crippen molar-refractivity contribution in [2.75, 3.05) is 18.4 Å². The third kappa shape index (κ3) is 8.42. The first-order valence-electron chi connectivity index (χ1n) is 10.9. The van der Waals surface area contributed by atoms with Crippen molar-refractivity contribution < 1.29 is 38.3 Å². The van der Waals surface area contributed by atoms with Gasteiger partial charge in [-0.2, -0.15) is 0 Å². The second kappa shape index (κ2) is 11.8. The molecule has 0 saturated carbocycles. The molecule has 1 aromatic carbocycles. The first-order valence-corrected chi connectivity index (χ1v) is 10.9. The number of anilines is 1. The van der Waals surface area contributed by atoms with E-state index in [-0.39, 0.29) is 16.9 Å². The number of aliphatic carboxylic acids is 1. The van der Waals surface area contributed by atoms with E-state index in [0.29, 0.717) is 11.4 Å². The van der Waals surface area contributed by atoms with Crippen molar-refractivity contribution in [3.05, 3.63) is 46.8 Å². The number of benzene rings is 1. The van der Waals surface area contributed by atoms with Crippen LogP contribution >= 0.6 is 0 Å². The average Bonchev–Trinajstić information content (AvgIpc) is 3.11. The summed E-state index contributed by atoms with van der Waals surface area (Å²) in [7, 11) is 0. The quantitative estimate of drug-likeness (QED) is 0.336. The highest BCUT2D eigenvalue weighted by atomic mass is 16.6. The molecule has 36 heavy (non-hydrogen) atoms. The Kier molecular flexibility index (Phi) is 9.13. The van der Waals surface area contributed by atoms with Gasteiger partial charge in [0, 0.05) is 17.8 Å². The van der Waals surface area contributed by atoms with E-state index in [1.165, 1.54) is 26.0 Å². The zero-order chi connectivity index (χ0) is 27.0.